The molecule has 0 atom stereocenters. The fourth-order valence-corrected chi connectivity index (χ4v) is 3.93. The lowest BCUT2D eigenvalue weighted by Crippen LogP contribution is -2.38. The molecule has 0 bridgehead atoms. The van der Waals surface area contributed by atoms with Crippen LogP contribution in [0.25, 0.3) is 0 Å². The van der Waals surface area contributed by atoms with Gasteiger partial charge in [-0.15, -0.1) is 24.9 Å². The van der Waals surface area contributed by atoms with Gasteiger partial charge in [0.05, 0.1) is 0 Å². The minimum atomic E-state index is 0.458. The standard InChI is InChI=1S/C13H19NS.C2H6.C2H4/c1-3-4-5-12-11(2)15-10-13(12)6-8-14-9-7-13;2*1-2/h3-5,14H,1,6-10H2,2H3;1-2H3;1-2H2/b5-4-;;. The second-order valence-corrected chi connectivity index (χ2v) is 5.57. The first kappa shape index (κ1) is 18.3. The van der Waals surface area contributed by atoms with Crippen LogP contribution >= 0.6 is 11.8 Å². The molecular formula is C17H29NS. The molecule has 0 aromatic heterocycles. The molecule has 0 amide bonds. The predicted molar refractivity (Wildman–Crippen MR) is 91.6 cm³/mol. The second kappa shape index (κ2) is 10.1. The summed E-state index contributed by atoms with van der Waals surface area (Å²) in [4.78, 5) is 1.51. The van der Waals surface area contributed by atoms with Gasteiger partial charge >= 0.3 is 0 Å². The number of rotatable bonds is 2. The number of allylic oxidation sites excluding steroid dienone is 5. The molecule has 2 rings (SSSR count). The lowest BCUT2D eigenvalue weighted by atomic mass is 9.74. The molecule has 2 heteroatoms. The molecule has 2 aliphatic heterocycles. The molecule has 1 spiro atoms. The van der Waals surface area contributed by atoms with Crippen molar-refractivity contribution >= 4 is 11.8 Å². The largest absolute Gasteiger partial charge is 0.317 e. The molecule has 19 heavy (non-hydrogen) atoms. The van der Waals surface area contributed by atoms with Crippen molar-refractivity contribution in [3.05, 3.63) is 48.4 Å². The third-order valence-corrected chi connectivity index (χ3v) is 4.83. The Balaban J connectivity index is 0.000000741. The van der Waals surface area contributed by atoms with Crippen LogP contribution in [0.5, 0.6) is 0 Å². The smallest absolute Gasteiger partial charge is 0.00787 e. The quantitative estimate of drug-likeness (QED) is 0.567. The summed E-state index contributed by atoms with van der Waals surface area (Å²) in [6.07, 6.45) is 8.79. The van der Waals surface area contributed by atoms with Crippen molar-refractivity contribution in [1.29, 1.82) is 0 Å². The first-order chi connectivity index (χ1) is 9.28. The zero-order valence-corrected chi connectivity index (χ0v) is 13.6. The molecule has 0 aliphatic carbocycles. The summed E-state index contributed by atoms with van der Waals surface area (Å²) in [5.41, 5.74) is 2.02. The highest BCUT2D eigenvalue weighted by molar-refractivity contribution is 8.03. The predicted octanol–water partition coefficient (Wildman–Crippen LogP) is 4.95. The lowest BCUT2D eigenvalue weighted by molar-refractivity contribution is 0.298. The number of nitrogens with one attached hydrogen (secondary N) is 1. The van der Waals surface area contributed by atoms with Gasteiger partial charge in [-0.05, 0) is 43.3 Å². The van der Waals surface area contributed by atoms with E-state index in [1.807, 2.05) is 31.7 Å². The summed E-state index contributed by atoms with van der Waals surface area (Å²) in [7, 11) is 0. The number of thioether (sulfide) groups is 1. The van der Waals surface area contributed by atoms with E-state index >= 15 is 0 Å². The van der Waals surface area contributed by atoms with Crippen molar-refractivity contribution in [2.24, 2.45) is 5.41 Å². The molecule has 1 fully saturated rings. The summed E-state index contributed by atoms with van der Waals surface area (Å²) in [6.45, 7) is 18.3. The van der Waals surface area contributed by atoms with Crippen LogP contribution in [0.15, 0.2) is 48.4 Å². The molecule has 1 N–H and O–H groups in total. The van der Waals surface area contributed by atoms with Crippen LogP contribution in [-0.2, 0) is 0 Å². The average Bonchev–Trinajstić information content (AvgIpc) is 2.78. The van der Waals surface area contributed by atoms with E-state index in [9.17, 15) is 0 Å². The number of piperidine rings is 1. The number of hydrogen-bond donors (Lipinski definition) is 1. The van der Waals surface area contributed by atoms with Crippen molar-refractivity contribution in [2.75, 3.05) is 18.8 Å². The fraction of sp³-hybridized carbons (Fsp3) is 0.529. The van der Waals surface area contributed by atoms with Crippen LogP contribution in [0.4, 0.5) is 0 Å². The van der Waals surface area contributed by atoms with Crippen molar-refractivity contribution in [3.8, 4) is 0 Å². The minimum absolute atomic E-state index is 0.458. The normalized spacial score (nSPS) is 20.6. The molecule has 108 valence electrons. The van der Waals surface area contributed by atoms with Gasteiger partial charge in [-0.2, -0.15) is 0 Å². The Morgan fingerprint density at radius 1 is 1.21 bits per heavy atom. The van der Waals surface area contributed by atoms with Crippen molar-refractivity contribution in [2.45, 2.75) is 33.6 Å². The number of hydrogen-bond acceptors (Lipinski definition) is 2. The summed E-state index contributed by atoms with van der Waals surface area (Å²) in [6, 6.07) is 0. The van der Waals surface area contributed by atoms with Gasteiger partial charge in [0.2, 0.25) is 0 Å². The van der Waals surface area contributed by atoms with E-state index in [0.29, 0.717) is 5.41 Å². The maximum atomic E-state index is 3.75. The van der Waals surface area contributed by atoms with E-state index < -0.39 is 0 Å². The van der Waals surface area contributed by atoms with Crippen LogP contribution in [-0.4, -0.2) is 18.8 Å². The molecule has 0 unspecified atom stereocenters. The minimum Gasteiger partial charge on any atom is -0.317 e. The SMILES string of the molecule is C=C.C=C/C=C\C1=C(C)SCC12CCNCC2.CC. The highest BCUT2D eigenvalue weighted by Gasteiger charge is 2.39. The summed E-state index contributed by atoms with van der Waals surface area (Å²) < 4.78 is 0. The molecular weight excluding hydrogens is 250 g/mol. The topological polar surface area (TPSA) is 12.0 Å². The Bertz CT molecular complexity index is 322. The Hall–Kier alpha value is -0.730. The van der Waals surface area contributed by atoms with Crippen LogP contribution < -0.4 is 5.32 Å². The van der Waals surface area contributed by atoms with Gasteiger partial charge in [0.25, 0.3) is 0 Å². The van der Waals surface area contributed by atoms with Crippen molar-refractivity contribution in [3.63, 3.8) is 0 Å². The van der Waals surface area contributed by atoms with Crippen LogP contribution in [0.2, 0.25) is 0 Å². The lowest BCUT2D eigenvalue weighted by Gasteiger charge is -2.35. The maximum Gasteiger partial charge on any atom is 0.00787 e. The molecule has 2 aliphatic rings. The molecule has 0 aromatic carbocycles. The van der Waals surface area contributed by atoms with Crippen LogP contribution in [0.3, 0.4) is 0 Å². The molecule has 2 heterocycles. The van der Waals surface area contributed by atoms with Gasteiger partial charge < -0.3 is 5.32 Å². The van der Waals surface area contributed by atoms with E-state index in [1.165, 1.54) is 36.6 Å². The molecule has 0 radical (unpaired) electrons. The summed E-state index contributed by atoms with van der Waals surface area (Å²) >= 11 is 2.03. The first-order valence-electron chi connectivity index (χ1n) is 7.12. The monoisotopic (exact) mass is 279 g/mol. The van der Waals surface area contributed by atoms with Crippen LogP contribution in [0, 0.1) is 5.41 Å². The second-order valence-electron chi connectivity index (χ2n) is 4.38. The fourth-order valence-electron chi connectivity index (χ4n) is 2.55. The zero-order valence-electron chi connectivity index (χ0n) is 12.8. The van der Waals surface area contributed by atoms with E-state index in [1.54, 1.807) is 5.57 Å². The Morgan fingerprint density at radius 2 is 1.79 bits per heavy atom. The summed E-state index contributed by atoms with van der Waals surface area (Å²) in [5.74, 6) is 1.28. The van der Waals surface area contributed by atoms with Gasteiger partial charge in [-0.1, -0.05) is 38.7 Å². The van der Waals surface area contributed by atoms with Gasteiger partial charge in [-0.25, -0.2) is 0 Å². The summed E-state index contributed by atoms with van der Waals surface area (Å²) in [5, 5.41) is 3.45. The van der Waals surface area contributed by atoms with E-state index in [0.717, 1.165) is 0 Å². The maximum absolute atomic E-state index is 3.75. The Labute approximate surface area is 123 Å². The van der Waals surface area contributed by atoms with E-state index in [4.69, 9.17) is 0 Å². The molecule has 0 aromatic rings. The third kappa shape index (κ3) is 4.70. The van der Waals surface area contributed by atoms with E-state index in [-0.39, 0.29) is 0 Å². The zero-order chi connectivity index (χ0) is 14.7. The highest BCUT2D eigenvalue weighted by Crippen LogP contribution is 2.50. The van der Waals surface area contributed by atoms with Crippen LogP contribution in [0.1, 0.15) is 33.6 Å². The van der Waals surface area contributed by atoms with E-state index in [2.05, 4.69) is 44.1 Å². The molecule has 0 saturated carbocycles. The van der Waals surface area contributed by atoms with Gasteiger partial charge in [0.1, 0.15) is 0 Å². The third-order valence-electron chi connectivity index (χ3n) is 3.48. The highest BCUT2D eigenvalue weighted by atomic mass is 32.2. The molecule has 1 saturated heterocycles. The average molecular weight is 279 g/mol. The van der Waals surface area contributed by atoms with Gasteiger partial charge in [0.15, 0.2) is 0 Å². The van der Waals surface area contributed by atoms with Crippen molar-refractivity contribution in [1.82, 2.24) is 5.32 Å². The first-order valence-corrected chi connectivity index (χ1v) is 8.11. The molecule has 1 nitrogen and oxygen atoms in total. The van der Waals surface area contributed by atoms with Gasteiger partial charge in [0, 0.05) is 11.2 Å². The Morgan fingerprint density at radius 3 is 2.32 bits per heavy atom. The van der Waals surface area contributed by atoms with Gasteiger partial charge in [-0.3, -0.25) is 0 Å². The van der Waals surface area contributed by atoms with Crippen molar-refractivity contribution < 1.29 is 0 Å². The Kier molecular flexibility index (Phi) is 9.72.